The lowest BCUT2D eigenvalue weighted by atomic mass is 9.91. The molecule has 0 fully saturated rings. The van der Waals surface area contributed by atoms with Crippen molar-refractivity contribution in [1.29, 1.82) is 0 Å². The van der Waals surface area contributed by atoms with E-state index in [0.717, 1.165) is 18.5 Å². The Kier molecular flexibility index (Phi) is 2.60. The molecule has 0 saturated carbocycles. The van der Waals surface area contributed by atoms with Gasteiger partial charge in [-0.25, -0.2) is 4.79 Å². The van der Waals surface area contributed by atoms with Crippen molar-refractivity contribution in [2.45, 2.75) is 12.5 Å². The first-order chi connectivity index (χ1) is 8.75. The molecule has 5 nitrogen and oxygen atoms in total. The quantitative estimate of drug-likeness (QED) is 0.674. The summed E-state index contributed by atoms with van der Waals surface area (Å²) < 4.78 is 0. The topological polar surface area (TPSA) is 77.8 Å². The van der Waals surface area contributed by atoms with Crippen LogP contribution in [0, 0.1) is 0 Å². The number of H-pyrrole nitrogens is 2. The van der Waals surface area contributed by atoms with Gasteiger partial charge in [0.05, 0.1) is 11.6 Å². The molecule has 1 aliphatic rings. The van der Waals surface area contributed by atoms with E-state index >= 15 is 0 Å². The fourth-order valence-electron chi connectivity index (χ4n) is 2.42. The summed E-state index contributed by atoms with van der Waals surface area (Å²) in [6, 6.07) is 7.88. The van der Waals surface area contributed by atoms with Gasteiger partial charge in [-0.3, -0.25) is 9.78 Å². The van der Waals surface area contributed by atoms with Gasteiger partial charge in [0.2, 0.25) is 0 Å². The highest BCUT2D eigenvalue weighted by atomic mass is 16.2. The van der Waals surface area contributed by atoms with Crippen LogP contribution in [0.1, 0.15) is 22.7 Å². The van der Waals surface area contributed by atoms with Gasteiger partial charge < -0.3 is 10.3 Å². The molecule has 3 rings (SSSR count). The zero-order valence-electron chi connectivity index (χ0n) is 9.69. The van der Waals surface area contributed by atoms with E-state index < -0.39 is 5.69 Å². The van der Waals surface area contributed by atoms with E-state index in [-0.39, 0.29) is 11.6 Å². The van der Waals surface area contributed by atoms with E-state index in [1.54, 1.807) is 0 Å². The Balaban J connectivity index is 2.14. The number of benzene rings is 1. The minimum Gasteiger partial charge on any atom is -0.314 e. The Morgan fingerprint density at radius 2 is 1.94 bits per heavy atom. The monoisotopic (exact) mass is 243 g/mol. The van der Waals surface area contributed by atoms with Crippen molar-refractivity contribution >= 4 is 0 Å². The average molecular weight is 243 g/mol. The molecule has 0 saturated heterocycles. The van der Waals surface area contributed by atoms with Gasteiger partial charge in [-0.05, 0) is 17.5 Å². The van der Waals surface area contributed by atoms with Crippen molar-refractivity contribution in [2.75, 3.05) is 6.54 Å². The summed E-state index contributed by atoms with van der Waals surface area (Å²) in [7, 11) is 0. The standard InChI is InChI=1S/C13H13N3O2/c17-12-10(7-15-13(18)16-12)11-9-4-2-1-3-8(9)5-6-14-11/h1-4,7,11,14H,5-6H2,(H2,15,16,17,18). The van der Waals surface area contributed by atoms with Crippen LogP contribution in [-0.4, -0.2) is 16.5 Å². The van der Waals surface area contributed by atoms with Gasteiger partial charge in [0, 0.05) is 12.7 Å². The smallest absolute Gasteiger partial charge is 0.314 e. The normalized spacial score (nSPS) is 18.3. The second-order valence-corrected chi connectivity index (χ2v) is 4.36. The molecule has 92 valence electrons. The first-order valence-electron chi connectivity index (χ1n) is 5.89. The Hall–Kier alpha value is -2.14. The van der Waals surface area contributed by atoms with Crippen LogP contribution in [0.4, 0.5) is 0 Å². The van der Waals surface area contributed by atoms with Crippen molar-refractivity contribution in [3.05, 3.63) is 68.0 Å². The van der Waals surface area contributed by atoms with Crippen molar-refractivity contribution in [3.8, 4) is 0 Å². The molecule has 0 bridgehead atoms. The number of nitrogens with one attached hydrogen (secondary N) is 3. The lowest BCUT2D eigenvalue weighted by molar-refractivity contribution is 0.561. The van der Waals surface area contributed by atoms with Crippen LogP contribution in [0.15, 0.2) is 40.1 Å². The van der Waals surface area contributed by atoms with Gasteiger partial charge in [0.25, 0.3) is 5.56 Å². The van der Waals surface area contributed by atoms with Gasteiger partial charge in [0.15, 0.2) is 0 Å². The molecule has 2 aromatic rings. The predicted octanol–water partition coefficient (Wildman–Crippen LogP) is 0.298. The molecule has 0 aliphatic carbocycles. The molecule has 0 radical (unpaired) electrons. The Morgan fingerprint density at radius 3 is 2.78 bits per heavy atom. The third kappa shape index (κ3) is 1.78. The predicted molar refractivity (Wildman–Crippen MR) is 67.7 cm³/mol. The van der Waals surface area contributed by atoms with E-state index in [2.05, 4.69) is 21.4 Å². The van der Waals surface area contributed by atoms with Crippen molar-refractivity contribution < 1.29 is 0 Å². The van der Waals surface area contributed by atoms with Gasteiger partial charge in [-0.1, -0.05) is 24.3 Å². The molecular weight excluding hydrogens is 230 g/mol. The maximum absolute atomic E-state index is 11.8. The molecule has 1 aromatic heterocycles. The van der Waals surface area contributed by atoms with Gasteiger partial charge in [0.1, 0.15) is 0 Å². The number of rotatable bonds is 1. The van der Waals surface area contributed by atoms with E-state index in [1.165, 1.54) is 11.8 Å². The first-order valence-corrected chi connectivity index (χ1v) is 5.89. The molecular formula is C13H13N3O2. The second kappa shape index (κ2) is 4.27. The molecule has 5 heteroatoms. The fraction of sp³-hybridized carbons (Fsp3) is 0.231. The molecule has 1 aromatic carbocycles. The molecule has 1 unspecified atom stereocenters. The molecule has 1 atom stereocenters. The van der Waals surface area contributed by atoms with E-state index in [1.807, 2.05) is 18.2 Å². The molecule has 1 aliphatic heterocycles. The summed E-state index contributed by atoms with van der Waals surface area (Å²) in [5.74, 6) is 0. The largest absolute Gasteiger partial charge is 0.325 e. The highest BCUT2D eigenvalue weighted by molar-refractivity contribution is 5.37. The molecule has 0 amide bonds. The third-order valence-electron chi connectivity index (χ3n) is 3.27. The minimum atomic E-state index is -0.479. The fourth-order valence-corrected chi connectivity index (χ4v) is 2.42. The Bertz CT molecular complexity index is 687. The number of hydrogen-bond donors (Lipinski definition) is 3. The Morgan fingerprint density at radius 1 is 1.11 bits per heavy atom. The highest BCUT2D eigenvalue weighted by Gasteiger charge is 2.23. The van der Waals surface area contributed by atoms with Crippen LogP contribution in [0.25, 0.3) is 0 Å². The van der Waals surface area contributed by atoms with Crippen LogP contribution in [0.5, 0.6) is 0 Å². The van der Waals surface area contributed by atoms with Crippen molar-refractivity contribution in [1.82, 2.24) is 15.3 Å². The van der Waals surface area contributed by atoms with Crippen LogP contribution >= 0.6 is 0 Å². The Labute approximate surface area is 103 Å². The summed E-state index contributed by atoms with van der Waals surface area (Å²) >= 11 is 0. The minimum absolute atomic E-state index is 0.157. The summed E-state index contributed by atoms with van der Waals surface area (Å²) in [4.78, 5) is 27.7. The number of hydrogen-bond acceptors (Lipinski definition) is 3. The number of aromatic nitrogens is 2. The summed E-state index contributed by atoms with van der Waals surface area (Å²) in [5, 5.41) is 3.31. The third-order valence-corrected chi connectivity index (χ3v) is 3.27. The van der Waals surface area contributed by atoms with Crippen LogP contribution < -0.4 is 16.6 Å². The zero-order chi connectivity index (χ0) is 12.5. The van der Waals surface area contributed by atoms with Crippen LogP contribution in [-0.2, 0) is 6.42 Å². The highest BCUT2D eigenvalue weighted by Crippen LogP contribution is 2.25. The van der Waals surface area contributed by atoms with Gasteiger partial charge >= 0.3 is 5.69 Å². The first kappa shape index (κ1) is 11.0. The van der Waals surface area contributed by atoms with Gasteiger partial charge in [-0.15, -0.1) is 0 Å². The average Bonchev–Trinajstić information content (AvgIpc) is 2.38. The molecule has 18 heavy (non-hydrogen) atoms. The van der Waals surface area contributed by atoms with E-state index in [0.29, 0.717) is 5.56 Å². The van der Waals surface area contributed by atoms with Crippen LogP contribution in [0.2, 0.25) is 0 Å². The van der Waals surface area contributed by atoms with E-state index in [9.17, 15) is 9.59 Å². The molecule has 2 heterocycles. The number of aromatic amines is 2. The molecule has 3 N–H and O–H groups in total. The van der Waals surface area contributed by atoms with Crippen molar-refractivity contribution in [2.24, 2.45) is 0 Å². The zero-order valence-corrected chi connectivity index (χ0v) is 9.69. The number of fused-ring (bicyclic) bond motifs is 1. The maximum Gasteiger partial charge on any atom is 0.325 e. The lowest BCUT2D eigenvalue weighted by Gasteiger charge is -2.26. The molecule has 0 spiro atoms. The second-order valence-electron chi connectivity index (χ2n) is 4.36. The summed E-state index contributed by atoms with van der Waals surface area (Å²) in [6.45, 7) is 0.820. The maximum atomic E-state index is 11.8. The van der Waals surface area contributed by atoms with E-state index in [4.69, 9.17) is 0 Å². The summed E-state index contributed by atoms with van der Waals surface area (Å²) in [6.07, 6.45) is 2.44. The summed E-state index contributed by atoms with van der Waals surface area (Å²) in [5.41, 5.74) is 2.07. The SMILES string of the molecule is O=c1[nH]cc(C2NCCc3ccccc32)c(=O)[nH]1. The van der Waals surface area contributed by atoms with Gasteiger partial charge in [-0.2, -0.15) is 0 Å². The lowest BCUT2D eigenvalue weighted by Crippen LogP contribution is -2.36. The van der Waals surface area contributed by atoms with Crippen LogP contribution in [0.3, 0.4) is 0 Å². The van der Waals surface area contributed by atoms with Crippen molar-refractivity contribution in [3.63, 3.8) is 0 Å².